The summed E-state index contributed by atoms with van der Waals surface area (Å²) in [7, 11) is 0. The highest BCUT2D eigenvalue weighted by molar-refractivity contribution is 5.95. The molecule has 0 aliphatic heterocycles. The topological polar surface area (TPSA) is 231 Å². The molecule has 0 aromatic heterocycles. The monoisotopic (exact) mass is 487 g/mol. The number of carbonyl (C=O) groups excluding carboxylic acids is 4. The third-order valence-electron chi connectivity index (χ3n) is 4.71. The van der Waals surface area contributed by atoms with Gasteiger partial charge in [0.2, 0.25) is 23.6 Å². The number of nitrogens with one attached hydrogen (secondary N) is 3. The average molecular weight is 488 g/mol. The SMILES string of the molecule is CC(C)CC(N)C(=O)NC(CC(C)C)C(=O)NC(CC(=O)O)C(=O)NC(CCC(N)=O)C(=O)O. The van der Waals surface area contributed by atoms with Crippen molar-refractivity contribution in [1.82, 2.24) is 16.0 Å². The van der Waals surface area contributed by atoms with Gasteiger partial charge in [0.15, 0.2) is 0 Å². The minimum absolute atomic E-state index is 0.0469. The predicted molar refractivity (Wildman–Crippen MR) is 121 cm³/mol. The van der Waals surface area contributed by atoms with Gasteiger partial charge in [-0.15, -0.1) is 0 Å². The standard InChI is InChI=1S/C21H37N5O8/c1-10(2)7-12(22)18(30)25-14(8-11(3)4)19(31)26-15(9-17(28)29)20(32)24-13(21(33)34)5-6-16(23)27/h10-15H,5-9,22H2,1-4H3,(H2,23,27)(H,24,32)(H,25,30)(H,26,31)(H,28,29)(H,33,34). The van der Waals surface area contributed by atoms with E-state index in [1.807, 2.05) is 13.8 Å². The van der Waals surface area contributed by atoms with Crippen molar-refractivity contribution in [3.8, 4) is 0 Å². The van der Waals surface area contributed by atoms with Crippen molar-refractivity contribution in [2.45, 2.75) is 84.0 Å². The minimum Gasteiger partial charge on any atom is -0.481 e. The highest BCUT2D eigenvalue weighted by Crippen LogP contribution is 2.09. The van der Waals surface area contributed by atoms with Crippen LogP contribution in [0.4, 0.5) is 0 Å². The molecule has 0 spiro atoms. The van der Waals surface area contributed by atoms with Crippen molar-refractivity contribution in [3.63, 3.8) is 0 Å². The number of hydrogen-bond acceptors (Lipinski definition) is 7. The van der Waals surface area contributed by atoms with Crippen molar-refractivity contribution in [3.05, 3.63) is 0 Å². The summed E-state index contributed by atoms with van der Waals surface area (Å²) in [6.07, 6.45) is -0.914. The van der Waals surface area contributed by atoms with Gasteiger partial charge in [0.25, 0.3) is 0 Å². The zero-order valence-electron chi connectivity index (χ0n) is 20.0. The van der Waals surface area contributed by atoms with Crippen molar-refractivity contribution in [2.24, 2.45) is 23.3 Å². The smallest absolute Gasteiger partial charge is 0.326 e. The van der Waals surface area contributed by atoms with Crippen LogP contribution in [-0.2, 0) is 28.8 Å². The van der Waals surface area contributed by atoms with Crippen LogP contribution < -0.4 is 27.4 Å². The van der Waals surface area contributed by atoms with Gasteiger partial charge >= 0.3 is 11.9 Å². The van der Waals surface area contributed by atoms with Crippen LogP contribution in [0.2, 0.25) is 0 Å². The van der Waals surface area contributed by atoms with Crippen LogP contribution >= 0.6 is 0 Å². The van der Waals surface area contributed by atoms with Crippen molar-refractivity contribution < 1.29 is 39.0 Å². The Kier molecular flexibility index (Phi) is 13.4. The van der Waals surface area contributed by atoms with Gasteiger partial charge in [0.1, 0.15) is 18.1 Å². The lowest BCUT2D eigenvalue weighted by Gasteiger charge is -2.25. The average Bonchev–Trinajstić information content (AvgIpc) is 2.68. The summed E-state index contributed by atoms with van der Waals surface area (Å²) in [5.41, 5.74) is 10.9. The quantitative estimate of drug-likeness (QED) is 0.137. The second-order valence-corrected chi connectivity index (χ2v) is 8.99. The molecule has 0 bridgehead atoms. The molecule has 4 amide bonds. The fraction of sp³-hybridized carbons (Fsp3) is 0.714. The van der Waals surface area contributed by atoms with E-state index >= 15 is 0 Å². The Bertz CT molecular complexity index is 755. The van der Waals surface area contributed by atoms with Crippen LogP contribution in [-0.4, -0.2) is 69.9 Å². The fourth-order valence-electron chi connectivity index (χ4n) is 3.07. The van der Waals surface area contributed by atoms with E-state index in [1.54, 1.807) is 13.8 Å². The molecule has 9 N–H and O–H groups in total. The first-order valence-electron chi connectivity index (χ1n) is 11.0. The van der Waals surface area contributed by atoms with Gasteiger partial charge in [0.05, 0.1) is 12.5 Å². The summed E-state index contributed by atoms with van der Waals surface area (Å²) in [5.74, 6) is -6.02. The van der Waals surface area contributed by atoms with Gasteiger partial charge in [0, 0.05) is 6.42 Å². The Balaban J connectivity index is 5.52. The maximum atomic E-state index is 12.9. The van der Waals surface area contributed by atoms with E-state index in [4.69, 9.17) is 16.6 Å². The number of primary amides is 1. The van der Waals surface area contributed by atoms with E-state index in [9.17, 15) is 33.9 Å². The van der Waals surface area contributed by atoms with Crippen LogP contribution in [0.1, 0.15) is 59.8 Å². The van der Waals surface area contributed by atoms with Crippen molar-refractivity contribution >= 4 is 35.6 Å². The van der Waals surface area contributed by atoms with E-state index < -0.39 is 66.2 Å². The molecule has 0 saturated heterocycles. The summed E-state index contributed by atoms with van der Waals surface area (Å²) in [6, 6.07) is -5.10. The molecule has 13 heteroatoms. The molecular formula is C21H37N5O8. The van der Waals surface area contributed by atoms with E-state index in [0.29, 0.717) is 6.42 Å². The number of amides is 4. The van der Waals surface area contributed by atoms with Crippen LogP contribution in [0, 0.1) is 11.8 Å². The van der Waals surface area contributed by atoms with Gasteiger partial charge in [-0.2, -0.15) is 0 Å². The van der Waals surface area contributed by atoms with Crippen LogP contribution in [0.15, 0.2) is 0 Å². The molecule has 0 heterocycles. The summed E-state index contributed by atoms with van der Waals surface area (Å²) in [4.78, 5) is 71.5. The highest BCUT2D eigenvalue weighted by Gasteiger charge is 2.32. The third-order valence-corrected chi connectivity index (χ3v) is 4.71. The Morgan fingerprint density at radius 1 is 0.735 bits per heavy atom. The van der Waals surface area contributed by atoms with Gasteiger partial charge in [-0.3, -0.25) is 24.0 Å². The number of carbonyl (C=O) groups is 6. The molecule has 34 heavy (non-hydrogen) atoms. The molecule has 0 rings (SSSR count). The number of carboxylic acid groups (broad SMARTS) is 2. The zero-order chi connectivity index (χ0) is 26.6. The first-order chi connectivity index (χ1) is 15.6. The molecule has 0 aromatic rings. The first kappa shape index (κ1) is 30.8. The number of nitrogens with two attached hydrogens (primary N) is 2. The van der Waals surface area contributed by atoms with E-state index in [0.717, 1.165) is 0 Å². The van der Waals surface area contributed by atoms with Gasteiger partial charge in [-0.1, -0.05) is 27.7 Å². The molecule has 194 valence electrons. The second kappa shape index (κ2) is 14.8. The number of rotatable bonds is 16. The van der Waals surface area contributed by atoms with Crippen LogP contribution in [0.3, 0.4) is 0 Å². The summed E-state index contributed by atoms with van der Waals surface area (Å²) in [5, 5.41) is 25.3. The largest absolute Gasteiger partial charge is 0.481 e. The second-order valence-electron chi connectivity index (χ2n) is 8.99. The number of hydrogen-bond donors (Lipinski definition) is 7. The lowest BCUT2D eigenvalue weighted by molar-refractivity contribution is -0.144. The van der Waals surface area contributed by atoms with E-state index in [1.165, 1.54) is 0 Å². The van der Waals surface area contributed by atoms with Crippen LogP contribution in [0.5, 0.6) is 0 Å². The molecule has 0 saturated carbocycles. The summed E-state index contributed by atoms with van der Waals surface area (Å²) in [6.45, 7) is 7.37. The molecule has 0 aromatic carbocycles. The Morgan fingerprint density at radius 2 is 1.21 bits per heavy atom. The van der Waals surface area contributed by atoms with Crippen molar-refractivity contribution in [1.29, 1.82) is 0 Å². The maximum absolute atomic E-state index is 12.9. The minimum atomic E-state index is -1.63. The Labute approximate surface area is 198 Å². The molecule has 13 nitrogen and oxygen atoms in total. The zero-order valence-corrected chi connectivity index (χ0v) is 20.0. The fourth-order valence-corrected chi connectivity index (χ4v) is 3.07. The molecule has 4 unspecified atom stereocenters. The van der Waals surface area contributed by atoms with Gasteiger partial charge in [-0.25, -0.2) is 4.79 Å². The maximum Gasteiger partial charge on any atom is 0.326 e. The third kappa shape index (κ3) is 12.7. The summed E-state index contributed by atoms with van der Waals surface area (Å²) >= 11 is 0. The molecule has 0 fully saturated rings. The predicted octanol–water partition coefficient (Wildman–Crippen LogP) is -1.31. The van der Waals surface area contributed by atoms with Gasteiger partial charge < -0.3 is 37.6 Å². The lowest BCUT2D eigenvalue weighted by Crippen LogP contribution is -2.57. The van der Waals surface area contributed by atoms with Gasteiger partial charge in [-0.05, 0) is 31.1 Å². The van der Waals surface area contributed by atoms with E-state index in [2.05, 4.69) is 16.0 Å². The van der Waals surface area contributed by atoms with E-state index in [-0.39, 0.29) is 31.1 Å². The van der Waals surface area contributed by atoms with Crippen molar-refractivity contribution in [2.75, 3.05) is 0 Å². The van der Waals surface area contributed by atoms with Crippen LogP contribution in [0.25, 0.3) is 0 Å². The summed E-state index contributed by atoms with van der Waals surface area (Å²) < 4.78 is 0. The molecule has 4 atom stereocenters. The highest BCUT2D eigenvalue weighted by atomic mass is 16.4. The normalized spacial score (nSPS) is 14.6. The molecule has 0 aliphatic rings. The Hall–Kier alpha value is -3.22. The number of aliphatic carboxylic acids is 2. The lowest BCUT2D eigenvalue weighted by atomic mass is 10.00. The molecule has 0 aliphatic carbocycles. The first-order valence-corrected chi connectivity index (χ1v) is 11.0. The number of carboxylic acids is 2. The molecule has 0 radical (unpaired) electrons. The molecular weight excluding hydrogens is 450 g/mol. The Morgan fingerprint density at radius 3 is 1.65 bits per heavy atom.